The summed E-state index contributed by atoms with van der Waals surface area (Å²) in [5.74, 6) is -0.504. The summed E-state index contributed by atoms with van der Waals surface area (Å²) in [7, 11) is 0. The van der Waals surface area contributed by atoms with E-state index in [2.05, 4.69) is 13.8 Å². The number of cyclic esters (lactones) is 1. The van der Waals surface area contributed by atoms with Crippen molar-refractivity contribution in [3.05, 3.63) is 0 Å². The summed E-state index contributed by atoms with van der Waals surface area (Å²) in [6.45, 7) is 11.8. The van der Waals surface area contributed by atoms with E-state index in [0.717, 1.165) is 6.42 Å². The van der Waals surface area contributed by atoms with Gasteiger partial charge in [-0.15, -0.1) is 0 Å². The minimum atomic E-state index is -0.898. The van der Waals surface area contributed by atoms with E-state index in [1.54, 1.807) is 0 Å². The standard InChI is InChI=1S/C17H30O5/c1-6-17(16(5)20-10-13(4)22-16)9-14(21-15(17)18)11-19-8-7-12(2)3/h12-14H,6-11H2,1-5H3. The molecule has 0 radical (unpaired) electrons. The van der Waals surface area contributed by atoms with Crippen LogP contribution >= 0.6 is 0 Å². The van der Waals surface area contributed by atoms with Crippen LogP contribution in [-0.2, 0) is 23.7 Å². The quantitative estimate of drug-likeness (QED) is 0.534. The van der Waals surface area contributed by atoms with Crippen molar-refractivity contribution >= 4 is 5.97 Å². The lowest BCUT2D eigenvalue weighted by atomic mass is 9.75. The third kappa shape index (κ3) is 3.31. The Hall–Kier alpha value is -0.650. The molecule has 2 saturated heterocycles. The molecule has 2 aliphatic rings. The Labute approximate surface area is 133 Å². The molecule has 0 aromatic carbocycles. The zero-order chi connectivity index (χ0) is 16.4. The van der Waals surface area contributed by atoms with Crippen molar-refractivity contribution < 1.29 is 23.7 Å². The van der Waals surface area contributed by atoms with Gasteiger partial charge in [0.1, 0.15) is 11.5 Å². The molecule has 0 aromatic rings. The summed E-state index contributed by atoms with van der Waals surface area (Å²) in [5, 5.41) is 0. The molecule has 0 aromatic heterocycles. The number of rotatable bonds is 7. The topological polar surface area (TPSA) is 54.0 Å². The highest BCUT2D eigenvalue weighted by molar-refractivity contribution is 5.80. The Bertz CT molecular complexity index is 397. The highest BCUT2D eigenvalue weighted by atomic mass is 16.7. The van der Waals surface area contributed by atoms with Gasteiger partial charge in [0.15, 0.2) is 5.79 Å². The van der Waals surface area contributed by atoms with Crippen molar-refractivity contribution in [3.63, 3.8) is 0 Å². The van der Waals surface area contributed by atoms with Gasteiger partial charge < -0.3 is 18.9 Å². The van der Waals surface area contributed by atoms with E-state index in [-0.39, 0.29) is 18.2 Å². The molecule has 5 heteroatoms. The van der Waals surface area contributed by atoms with Gasteiger partial charge in [-0.3, -0.25) is 4.79 Å². The van der Waals surface area contributed by atoms with Crippen LogP contribution in [0.15, 0.2) is 0 Å². The molecule has 2 aliphatic heterocycles. The number of hydrogen-bond donors (Lipinski definition) is 0. The van der Waals surface area contributed by atoms with Crippen LogP contribution in [0.2, 0.25) is 0 Å². The molecule has 0 amide bonds. The predicted octanol–water partition coefficient (Wildman–Crippen LogP) is 2.91. The van der Waals surface area contributed by atoms with E-state index < -0.39 is 11.2 Å². The van der Waals surface area contributed by atoms with E-state index in [4.69, 9.17) is 18.9 Å². The van der Waals surface area contributed by atoms with Gasteiger partial charge in [-0.05, 0) is 32.6 Å². The Kier molecular flexibility index (Phi) is 5.51. The van der Waals surface area contributed by atoms with E-state index >= 15 is 0 Å². The van der Waals surface area contributed by atoms with Gasteiger partial charge >= 0.3 is 5.97 Å². The SMILES string of the molecule is CCC1(C2(C)OCC(C)O2)CC(COCCC(C)C)OC1=O. The van der Waals surface area contributed by atoms with Crippen molar-refractivity contribution in [3.8, 4) is 0 Å². The van der Waals surface area contributed by atoms with E-state index in [1.807, 2.05) is 20.8 Å². The average molecular weight is 314 g/mol. The fourth-order valence-corrected chi connectivity index (χ4v) is 3.36. The van der Waals surface area contributed by atoms with Gasteiger partial charge in [-0.1, -0.05) is 20.8 Å². The van der Waals surface area contributed by atoms with Crippen LogP contribution in [0.25, 0.3) is 0 Å². The lowest BCUT2D eigenvalue weighted by molar-refractivity contribution is -0.230. The van der Waals surface area contributed by atoms with Crippen molar-refractivity contribution in [2.45, 2.75) is 71.9 Å². The summed E-state index contributed by atoms with van der Waals surface area (Å²) in [6.07, 6.45) is 2.04. The molecule has 5 nitrogen and oxygen atoms in total. The first-order chi connectivity index (χ1) is 10.3. The van der Waals surface area contributed by atoms with Crippen LogP contribution in [0.3, 0.4) is 0 Å². The van der Waals surface area contributed by atoms with E-state index in [1.165, 1.54) is 0 Å². The van der Waals surface area contributed by atoms with Crippen molar-refractivity contribution in [2.24, 2.45) is 11.3 Å². The van der Waals surface area contributed by atoms with Crippen molar-refractivity contribution in [1.82, 2.24) is 0 Å². The van der Waals surface area contributed by atoms with Crippen LogP contribution in [0.1, 0.15) is 53.9 Å². The summed E-state index contributed by atoms with van der Waals surface area (Å²) < 4.78 is 23.0. The first kappa shape index (κ1) is 17.7. The molecule has 0 saturated carbocycles. The molecule has 0 N–H and O–H groups in total. The van der Waals surface area contributed by atoms with Crippen molar-refractivity contribution in [2.75, 3.05) is 19.8 Å². The third-order valence-corrected chi connectivity index (χ3v) is 4.88. The molecule has 2 heterocycles. The third-order valence-electron chi connectivity index (χ3n) is 4.88. The Morgan fingerprint density at radius 2 is 2.14 bits per heavy atom. The lowest BCUT2D eigenvalue weighted by Gasteiger charge is -2.38. The van der Waals surface area contributed by atoms with Gasteiger partial charge in [0.25, 0.3) is 0 Å². The van der Waals surface area contributed by atoms with Crippen LogP contribution in [0.4, 0.5) is 0 Å². The molecule has 2 fully saturated rings. The Balaban J connectivity index is 1.97. The molecule has 4 atom stereocenters. The largest absolute Gasteiger partial charge is 0.459 e. The van der Waals surface area contributed by atoms with Gasteiger partial charge in [0.2, 0.25) is 0 Å². The minimum absolute atomic E-state index is 0.00238. The molecule has 2 rings (SSSR count). The summed E-state index contributed by atoms with van der Waals surface area (Å²) >= 11 is 0. The number of carbonyl (C=O) groups is 1. The summed E-state index contributed by atoms with van der Waals surface area (Å²) in [5.41, 5.74) is -0.732. The molecular formula is C17H30O5. The highest BCUT2D eigenvalue weighted by Gasteiger charge is 2.63. The summed E-state index contributed by atoms with van der Waals surface area (Å²) in [6, 6.07) is 0. The number of hydrogen-bond acceptors (Lipinski definition) is 5. The maximum Gasteiger partial charge on any atom is 0.318 e. The van der Waals surface area contributed by atoms with Crippen LogP contribution in [-0.4, -0.2) is 43.8 Å². The molecule has 0 spiro atoms. The maximum atomic E-state index is 12.5. The first-order valence-electron chi connectivity index (χ1n) is 8.43. The second kappa shape index (κ2) is 6.85. The van der Waals surface area contributed by atoms with Crippen LogP contribution in [0.5, 0.6) is 0 Å². The Morgan fingerprint density at radius 3 is 2.68 bits per heavy atom. The second-order valence-electron chi connectivity index (χ2n) is 7.11. The van der Waals surface area contributed by atoms with Crippen molar-refractivity contribution in [1.29, 1.82) is 0 Å². The minimum Gasteiger partial charge on any atom is -0.459 e. The first-order valence-corrected chi connectivity index (χ1v) is 8.43. The second-order valence-corrected chi connectivity index (χ2v) is 7.11. The monoisotopic (exact) mass is 314 g/mol. The number of carbonyl (C=O) groups excluding carboxylic acids is 1. The zero-order valence-corrected chi connectivity index (χ0v) is 14.5. The van der Waals surface area contributed by atoms with Gasteiger partial charge in [-0.2, -0.15) is 0 Å². The van der Waals surface area contributed by atoms with Crippen LogP contribution in [0, 0.1) is 11.3 Å². The van der Waals surface area contributed by atoms with Crippen LogP contribution < -0.4 is 0 Å². The van der Waals surface area contributed by atoms with E-state index in [0.29, 0.717) is 38.6 Å². The maximum absolute atomic E-state index is 12.5. The van der Waals surface area contributed by atoms with Gasteiger partial charge in [0, 0.05) is 13.0 Å². The fraction of sp³-hybridized carbons (Fsp3) is 0.941. The lowest BCUT2D eigenvalue weighted by Crippen LogP contribution is -2.50. The van der Waals surface area contributed by atoms with Gasteiger partial charge in [-0.25, -0.2) is 0 Å². The average Bonchev–Trinajstić information content (AvgIpc) is 2.96. The molecular weight excluding hydrogens is 284 g/mol. The van der Waals surface area contributed by atoms with Gasteiger partial charge in [0.05, 0.1) is 19.3 Å². The molecule has 22 heavy (non-hydrogen) atoms. The predicted molar refractivity (Wildman–Crippen MR) is 82.4 cm³/mol. The molecule has 0 bridgehead atoms. The normalized spacial score (nSPS) is 38.7. The Morgan fingerprint density at radius 1 is 1.41 bits per heavy atom. The number of esters is 1. The number of ether oxygens (including phenoxy) is 4. The zero-order valence-electron chi connectivity index (χ0n) is 14.5. The molecule has 0 aliphatic carbocycles. The summed E-state index contributed by atoms with van der Waals surface area (Å²) in [4.78, 5) is 12.5. The molecule has 128 valence electrons. The van der Waals surface area contributed by atoms with E-state index in [9.17, 15) is 4.79 Å². The highest BCUT2D eigenvalue weighted by Crippen LogP contribution is 2.50. The smallest absolute Gasteiger partial charge is 0.318 e. The fourth-order valence-electron chi connectivity index (χ4n) is 3.36. The molecule has 4 unspecified atom stereocenters.